The van der Waals surface area contributed by atoms with Crippen molar-refractivity contribution in [3.8, 4) is 5.75 Å². The van der Waals surface area contributed by atoms with Crippen molar-refractivity contribution in [1.82, 2.24) is 0 Å². The van der Waals surface area contributed by atoms with Crippen LogP contribution in [0.2, 0.25) is 5.02 Å². The maximum Gasteiger partial charge on any atom is 0.270 e. The molecule has 102 valence electrons. The minimum Gasteiger partial charge on any atom is -0.497 e. The molecule has 0 heterocycles. The number of non-ortho nitro benzene ring substituents is 1. The lowest BCUT2D eigenvalue weighted by atomic mass is 10.2. The van der Waals surface area contributed by atoms with Crippen molar-refractivity contribution >= 4 is 29.2 Å². The molecule has 0 aliphatic heterocycles. The smallest absolute Gasteiger partial charge is 0.270 e. The zero-order valence-corrected chi connectivity index (χ0v) is 11.4. The van der Waals surface area contributed by atoms with Gasteiger partial charge >= 0.3 is 0 Å². The largest absolute Gasteiger partial charge is 0.497 e. The molecule has 0 atom stereocenters. The van der Waals surface area contributed by atoms with Crippen LogP contribution in [-0.4, -0.2) is 18.2 Å². The van der Waals surface area contributed by atoms with Crippen LogP contribution in [0.15, 0.2) is 47.5 Å². The summed E-state index contributed by atoms with van der Waals surface area (Å²) in [5.74, 6) is 0.734. The molecule has 0 amide bonds. The van der Waals surface area contributed by atoms with Gasteiger partial charge in [-0.2, -0.15) is 0 Å². The van der Waals surface area contributed by atoms with Gasteiger partial charge in [-0.15, -0.1) is 0 Å². The first-order chi connectivity index (χ1) is 9.60. The summed E-state index contributed by atoms with van der Waals surface area (Å²) >= 11 is 5.98. The Morgan fingerprint density at radius 2 is 1.95 bits per heavy atom. The minimum atomic E-state index is -0.471. The van der Waals surface area contributed by atoms with Gasteiger partial charge in [-0.05, 0) is 30.3 Å². The Balaban J connectivity index is 2.25. The number of ether oxygens (including phenoxy) is 1. The number of nitrogens with zero attached hydrogens (tertiary/aromatic N) is 2. The summed E-state index contributed by atoms with van der Waals surface area (Å²) in [7, 11) is 1.58. The fourth-order valence-corrected chi connectivity index (χ4v) is 1.72. The first-order valence-corrected chi connectivity index (χ1v) is 6.10. The van der Waals surface area contributed by atoms with E-state index >= 15 is 0 Å². The van der Waals surface area contributed by atoms with E-state index in [0.29, 0.717) is 16.3 Å². The molecule has 20 heavy (non-hydrogen) atoms. The molecule has 0 aromatic heterocycles. The third-order valence-electron chi connectivity index (χ3n) is 2.62. The van der Waals surface area contributed by atoms with Gasteiger partial charge in [0, 0.05) is 28.9 Å². The van der Waals surface area contributed by atoms with E-state index in [9.17, 15) is 10.1 Å². The van der Waals surface area contributed by atoms with Crippen molar-refractivity contribution in [2.45, 2.75) is 0 Å². The second-order valence-corrected chi connectivity index (χ2v) is 4.33. The lowest BCUT2D eigenvalue weighted by molar-refractivity contribution is -0.384. The highest BCUT2D eigenvalue weighted by Crippen LogP contribution is 2.22. The third kappa shape index (κ3) is 3.33. The highest BCUT2D eigenvalue weighted by atomic mass is 35.5. The molecule has 0 bridgehead atoms. The maximum absolute atomic E-state index is 10.7. The van der Waals surface area contributed by atoms with Gasteiger partial charge < -0.3 is 4.74 Å². The summed E-state index contributed by atoms with van der Waals surface area (Å²) in [4.78, 5) is 14.5. The fraction of sp³-hybridized carbons (Fsp3) is 0.0714. The number of hydrogen-bond acceptors (Lipinski definition) is 4. The zero-order valence-electron chi connectivity index (χ0n) is 10.6. The number of benzene rings is 2. The predicted octanol–water partition coefficient (Wildman–Crippen LogP) is 4.01. The van der Waals surface area contributed by atoms with E-state index in [2.05, 4.69) is 4.99 Å². The summed E-state index contributed by atoms with van der Waals surface area (Å²) < 4.78 is 5.05. The van der Waals surface area contributed by atoms with E-state index in [4.69, 9.17) is 16.3 Å². The molecule has 0 saturated heterocycles. The molecule has 0 unspecified atom stereocenters. The van der Waals surface area contributed by atoms with Crippen LogP contribution in [-0.2, 0) is 0 Å². The Hall–Kier alpha value is -2.40. The molecule has 0 N–H and O–H groups in total. The van der Waals surface area contributed by atoms with Crippen molar-refractivity contribution < 1.29 is 9.66 Å². The highest BCUT2D eigenvalue weighted by molar-refractivity contribution is 6.33. The molecule has 0 radical (unpaired) electrons. The van der Waals surface area contributed by atoms with Gasteiger partial charge in [0.1, 0.15) is 5.75 Å². The van der Waals surface area contributed by atoms with Crippen LogP contribution in [0.4, 0.5) is 11.4 Å². The fourth-order valence-electron chi connectivity index (χ4n) is 1.56. The van der Waals surface area contributed by atoms with E-state index in [1.807, 2.05) is 0 Å². The number of methoxy groups -OCH3 is 1. The molecule has 5 nitrogen and oxygen atoms in total. The Kier molecular flexibility index (Phi) is 4.32. The van der Waals surface area contributed by atoms with Crippen LogP contribution in [0.25, 0.3) is 0 Å². The van der Waals surface area contributed by atoms with Crippen molar-refractivity contribution in [3.63, 3.8) is 0 Å². The van der Waals surface area contributed by atoms with Gasteiger partial charge in [-0.3, -0.25) is 15.1 Å². The number of halogens is 1. The second-order valence-electron chi connectivity index (χ2n) is 3.92. The standard InChI is InChI=1S/C14H11ClN2O3/c1-20-13-5-2-11(3-6-13)16-9-10-8-12(17(18)19)4-7-14(10)15/h2-9H,1H3. The first-order valence-electron chi connectivity index (χ1n) is 5.72. The summed E-state index contributed by atoms with van der Waals surface area (Å²) in [5, 5.41) is 11.1. The average molecular weight is 291 g/mol. The lowest BCUT2D eigenvalue weighted by Crippen LogP contribution is -1.90. The van der Waals surface area contributed by atoms with Crippen LogP contribution in [0, 0.1) is 10.1 Å². The number of rotatable bonds is 4. The Morgan fingerprint density at radius 3 is 2.55 bits per heavy atom. The third-order valence-corrected chi connectivity index (χ3v) is 2.96. The average Bonchev–Trinajstić information content (AvgIpc) is 2.46. The Morgan fingerprint density at radius 1 is 1.25 bits per heavy atom. The number of aliphatic imine (C=N–C) groups is 1. The van der Waals surface area contributed by atoms with Gasteiger partial charge in [0.05, 0.1) is 17.7 Å². The zero-order chi connectivity index (χ0) is 14.5. The molecule has 2 rings (SSSR count). The molecule has 6 heteroatoms. The van der Waals surface area contributed by atoms with Gasteiger partial charge in [0.2, 0.25) is 0 Å². The summed E-state index contributed by atoms with van der Waals surface area (Å²) in [5.41, 5.74) is 1.18. The summed E-state index contributed by atoms with van der Waals surface area (Å²) in [6, 6.07) is 11.3. The second kappa shape index (κ2) is 6.16. The normalized spacial score (nSPS) is 10.7. The summed E-state index contributed by atoms with van der Waals surface area (Å²) in [6.07, 6.45) is 1.50. The molecule has 2 aromatic rings. The molecule has 0 spiro atoms. The molecule has 0 fully saturated rings. The van der Waals surface area contributed by atoms with Crippen molar-refractivity contribution in [2.75, 3.05) is 7.11 Å². The first kappa shape index (κ1) is 14.0. The monoisotopic (exact) mass is 290 g/mol. The van der Waals surface area contributed by atoms with E-state index < -0.39 is 4.92 Å². The molecule has 0 aliphatic carbocycles. The van der Waals surface area contributed by atoms with Crippen LogP contribution in [0.5, 0.6) is 5.75 Å². The Bertz CT molecular complexity index is 654. The number of hydrogen-bond donors (Lipinski definition) is 0. The van der Waals surface area contributed by atoms with Gasteiger partial charge in [0.15, 0.2) is 0 Å². The molecular formula is C14H11ClN2O3. The number of nitro groups is 1. The topological polar surface area (TPSA) is 64.7 Å². The summed E-state index contributed by atoms with van der Waals surface area (Å²) in [6.45, 7) is 0. The molecule has 2 aromatic carbocycles. The minimum absolute atomic E-state index is 0.0226. The van der Waals surface area contributed by atoms with E-state index in [0.717, 1.165) is 5.75 Å². The predicted molar refractivity (Wildman–Crippen MR) is 78.4 cm³/mol. The van der Waals surface area contributed by atoms with Crippen molar-refractivity contribution in [1.29, 1.82) is 0 Å². The van der Waals surface area contributed by atoms with Gasteiger partial charge in [-0.25, -0.2) is 0 Å². The lowest BCUT2D eigenvalue weighted by Gasteiger charge is -2.00. The molecule has 0 aliphatic rings. The van der Waals surface area contributed by atoms with E-state index in [-0.39, 0.29) is 5.69 Å². The van der Waals surface area contributed by atoms with Gasteiger partial charge in [-0.1, -0.05) is 11.6 Å². The number of nitro benzene ring substituents is 1. The van der Waals surface area contributed by atoms with Crippen molar-refractivity contribution in [3.05, 3.63) is 63.2 Å². The quantitative estimate of drug-likeness (QED) is 0.485. The van der Waals surface area contributed by atoms with E-state index in [1.54, 1.807) is 31.4 Å². The Labute approximate surface area is 120 Å². The van der Waals surface area contributed by atoms with Crippen molar-refractivity contribution in [2.24, 2.45) is 4.99 Å². The maximum atomic E-state index is 10.7. The highest BCUT2D eigenvalue weighted by Gasteiger charge is 2.08. The van der Waals surface area contributed by atoms with Crippen LogP contribution in [0.1, 0.15) is 5.56 Å². The van der Waals surface area contributed by atoms with Crippen LogP contribution in [0.3, 0.4) is 0 Å². The molecule has 0 saturated carbocycles. The molecular weight excluding hydrogens is 280 g/mol. The SMILES string of the molecule is COc1ccc(N=Cc2cc([N+](=O)[O-])ccc2Cl)cc1. The van der Waals surface area contributed by atoms with Crippen LogP contribution >= 0.6 is 11.6 Å². The van der Waals surface area contributed by atoms with Crippen LogP contribution < -0.4 is 4.74 Å². The van der Waals surface area contributed by atoms with Gasteiger partial charge in [0.25, 0.3) is 5.69 Å². The van der Waals surface area contributed by atoms with E-state index in [1.165, 1.54) is 24.4 Å².